The lowest BCUT2D eigenvalue weighted by Gasteiger charge is -2.20. The number of fused-ring (bicyclic) bond motifs is 1. The van der Waals surface area contributed by atoms with Gasteiger partial charge >= 0.3 is 0 Å². The van der Waals surface area contributed by atoms with Crippen LogP contribution in [0.5, 0.6) is 5.75 Å². The van der Waals surface area contributed by atoms with Gasteiger partial charge in [-0.1, -0.05) is 24.3 Å². The molecule has 4 aromatic rings. The van der Waals surface area contributed by atoms with Crippen molar-refractivity contribution in [3.05, 3.63) is 71.9 Å². The van der Waals surface area contributed by atoms with Gasteiger partial charge in [0.05, 0.1) is 12.1 Å². The summed E-state index contributed by atoms with van der Waals surface area (Å²) in [4.78, 5) is 16.1. The van der Waals surface area contributed by atoms with Crippen LogP contribution in [0.3, 0.4) is 0 Å². The maximum absolute atomic E-state index is 11.4. The minimum Gasteiger partial charge on any atom is -0.493 e. The second kappa shape index (κ2) is 5.42. The summed E-state index contributed by atoms with van der Waals surface area (Å²) in [6.45, 7) is 0.703. The molecule has 3 heteroatoms. The Morgan fingerprint density at radius 3 is 2.84 bits per heavy atom. The zero-order valence-corrected chi connectivity index (χ0v) is 13.5. The normalized spacial score (nSPS) is 13.0. The van der Waals surface area contributed by atoms with Gasteiger partial charge in [0, 0.05) is 29.1 Å². The summed E-state index contributed by atoms with van der Waals surface area (Å²) in [5.41, 5.74) is 4.94. The van der Waals surface area contributed by atoms with Crippen molar-refractivity contribution in [3.8, 4) is 16.9 Å². The van der Waals surface area contributed by atoms with E-state index in [-0.39, 0.29) is 0 Å². The first kappa shape index (κ1) is 14.2. The number of carbonyl (C=O) groups is 1. The van der Waals surface area contributed by atoms with Gasteiger partial charge in [-0.2, -0.15) is 0 Å². The number of benzene rings is 3. The first-order valence-electron chi connectivity index (χ1n) is 8.37. The molecule has 0 spiro atoms. The summed E-state index contributed by atoms with van der Waals surface area (Å²) in [6, 6.07) is 18.1. The molecule has 3 nitrogen and oxygen atoms in total. The third-order valence-corrected chi connectivity index (χ3v) is 4.88. The van der Waals surface area contributed by atoms with E-state index in [0.29, 0.717) is 12.2 Å². The van der Waals surface area contributed by atoms with E-state index in [1.807, 2.05) is 42.6 Å². The highest BCUT2D eigenvalue weighted by atomic mass is 16.5. The Labute approximate surface area is 144 Å². The molecule has 0 fully saturated rings. The van der Waals surface area contributed by atoms with Crippen LogP contribution >= 0.6 is 0 Å². The van der Waals surface area contributed by atoms with Gasteiger partial charge in [0.25, 0.3) is 0 Å². The fourth-order valence-electron chi connectivity index (χ4n) is 3.74. The van der Waals surface area contributed by atoms with E-state index in [2.05, 4.69) is 23.2 Å². The molecule has 25 heavy (non-hydrogen) atoms. The zero-order chi connectivity index (χ0) is 16.8. The lowest BCUT2D eigenvalue weighted by Crippen LogP contribution is -2.09. The second-order valence-electron chi connectivity index (χ2n) is 6.31. The minimum atomic E-state index is 0.672. The van der Waals surface area contributed by atoms with Crippen molar-refractivity contribution >= 4 is 28.0 Å². The van der Waals surface area contributed by atoms with Crippen molar-refractivity contribution in [1.29, 1.82) is 0 Å². The Balaban J connectivity index is 1.91. The number of pyridine rings is 1. The highest BCUT2D eigenvalue weighted by Crippen LogP contribution is 2.39. The predicted molar refractivity (Wildman–Crippen MR) is 99.3 cm³/mol. The molecule has 0 saturated heterocycles. The molecule has 0 N–H and O–H groups in total. The number of carbonyl (C=O) groups excluding carboxylic acids is 1. The Bertz CT molecular complexity index is 1140. The van der Waals surface area contributed by atoms with Gasteiger partial charge < -0.3 is 4.74 Å². The van der Waals surface area contributed by atoms with Crippen molar-refractivity contribution in [2.24, 2.45) is 0 Å². The summed E-state index contributed by atoms with van der Waals surface area (Å²) in [5, 5.41) is 3.26. The van der Waals surface area contributed by atoms with E-state index in [9.17, 15) is 4.79 Å². The smallest absolute Gasteiger partial charge is 0.150 e. The van der Waals surface area contributed by atoms with Gasteiger partial charge in [-0.3, -0.25) is 9.78 Å². The van der Waals surface area contributed by atoms with Crippen molar-refractivity contribution < 1.29 is 9.53 Å². The molecule has 0 saturated carbocycles. The van der Waals surface area contributed by atoms with Gasteiger partial charge in [-0.25, -0.2) is 0 Å². The van der Waals surface area contributed by atoms with Gasteiger partial charge in [-0.05, 0) is 52.2 Å². The number of aromatic nitrogens is 1. The number of rotatable bonds is 2. The van der Waals surface area contributed by atoms with E-state index < -0.39 is 0 Å². The van der Waals surface area contributed by atoms with E-state index >= 15 is 0 Å². The van der Waals surface area contributed by atoms with Crippen LogP contribution in [0.4, 0.5) is 0 Å². The second-order valence-corrected chi connectivity index (χ2v) is 6.31. The molecule has 0 amide bonds. The van der Waals surface area contributed by atoms with E-state index in [1.165, 1.54) is 5.56 Å². The molecule has 0 radical (unpaired) electrons. The summed E-state index contributed by atoms with van der Waals surface area (Å²) in [6.07, 6.45) is 3.66. The van der Waals surface area contributed by atoms with Crippen LogP contribution in [-0.2, 0) is 6.42 Å². The van der Waals surface area contributed by atoms with Gasteiger partial charge in [0.15, 0.2) is 0 Å². The number of aldehydes is 1. The largest absolute Gasteiger partial charge is 0.493 e. The SMILES string of the molecule is O=Cc1cc(-c2ccc3c4c(ccnc24)CCO3)c2ccccc2c1. The molecule has 1 aliphatic heterocycles. The van der Waals surface area contributed by atoms with E-state index in [1.54, 1.807) is 0 Å². The molecule has 0 atom stereocenters. The van der Waals surface area contributed by atoms with Crippen molar-refractivity contribution in [1.82, 2.24) is 4.98 Å². The molecular weight excluding hydrogens is 310 g/mol. The standard InChI is InChI=1S/C22H15NO2/c24-13-14-11-16-3-1-2-4-17(16)19(12-14)18-5-6-20-21-15(8-10-25-20)7-9-23-22(18)21/h1-7,9,11-13H,8,10H2. The number of hydrogen-bond donors (Lipinski definition) is 0. The zero-order valence-electron chi connectivity index (χ0n) is 13.5. The highest BCUT2D eigenvalue weighted by molar-refractivity contribution is 6.07. The maximum atomic E-state index is 11.4. The average Bonchev–Trinajstić information content (AvgIpc) is 2.68. The van der Waals surface area contributed by atoms with Crippen LogP contribution in [0.1, 0.15) is 15.9 Å². The first-order chi connectivity index (χ1) is 12.3. The lowest BCUT2D eigenvalue weighted by molar-refractivity contribution is 0.112. The van der Waals surface area contributed by atoms with Gasteiger partial charge in [0.1, 0.15) is 12.0 Å². The molecular formula is C22H15NO2. The van der Waals surface area contributed by atoms with Crippen molar-refractivity contribution in [2.45, 2.75) is 6.42 Å². The lowest BCUT2D eigenvalue weighted by atomic mass is 9.92. The summed E-state index contributed by atoms with van der Waals surface area (Å²) >= 11 is 0. The van der Waals surface area contributed by atoms with Crippen LogP contribution < -0.4 is 4.74 Å². The maximum Gasteiger partial charge on any atom is 0.150 e. The predicted octanol–water partition coefficient (Wildman–Crippen LogP) is 4.80. The first-order valence-corrected chi connectivity index (χ1v) is 8.37. The van der Waals surface area contributed by atoms with Crippen molar-refractivity contribution in [3.63, 3.8) is 0 Å². The molecule has 0 unspecified atom stereocenters. The topological polar surface area (TPSA) is 39.2 Å². The summed E-state index contributed by atoms with van der Waals surface area (Å²) in [7, 11) is 0. The molecule has 3 aromatic carbocycles. The molecule has 1 aliphatic rings. The molecule has 5 rings (SSSR count). The average molecular weight is 325 g/mol. The van der Waals surface area contributed by atoms with E-state index in [0.717, 1.165) is 51.3 Å². The summed E-state index contributed by atoms with van der Waals surface area (Å²) in [5.74, 6) is 0.893. The van der Waals surface area contributed by atoms with Gasteiger partial charge in [0.2, 0.25) is 0 Å². The van der Waals surface area contributed by atoms with Crippen LogP contribution in [0.25, 0.3) is 32.8 Å². The van der Waals surface area contributed by atoms with Gasteiger partial charge in [-0.15, -0.1) is 0 Å². The van der Waals surface area contributed by atoms with Crippen LogP contribution in [0.15, 0.2) is 60.8 Å². The molecule has 1 aromatic heterocycles. The Morgan fingerprint density at radius 2 is 1.92 bits per heavy atom. The van der Waals surface area contributed by atoms with Crippen LogP contribution in [-0.4, -0.2) is 17.9 Å². The minimum absolute atomic E-state index is 0.672. The number of ether oxygens (including phenoxy) is 1. The Kier molecular flexibility index (Phi) is 3.07. The van der Waals surface area contributed by atoms with E-state index in [4.69, 9.17) is 4.74 Å². The fraction of sp³-hybridized carbons (Fsp3) is 0.0909. The number of nitrogens with zero attached hydrogens (tertiary/aromatic N) is 1. The quantitative estimate of drug-likeness (QED) is 0.497. The third kappa shape index (κ3) is 2.13. The van der Waals surface area contributed by atoms with Crippen molar-refractivity contribution in [2.75, 3.05) is 6.61 Å². The Morgan fingerprint density at radius 1 is 1.00 bits per heavy atom. The third-order valence-electron chi connectivity index (χ3n) is 4.88. The molecule has 0 bridgehead atoms. The summed E-state index contributed by atoms with van der Waals surface area (Å²) < 4.78 is 5.82. The highest BCUT2D eigenvalue weighted by Gasteiger charge is 2.18. The monoisotopic (exact) mass is 325 g/mol. The van der Waals surface area contributed by atoms with Crippen LogP contribution in [0, 0.1) is 0 Å². The number of hydrogen-bond acceptors (Lipinski definition) is 3. The molecule has 0 aliphatic carbocycles. The molecule has 2 heterocycles. The molecule has 120 valence electrons. The Hall–Kier alpha value is -3.20. The fourth-order valence-corrected chi connectivity index (χ4v) is 3.74. The van der Waals surface area contributed by atoms with Crippen LogP contribution in [0.2, 0.25) is 0 Å².